The molecule has 0 bridgehead atoms. The molecular weight excluding hydrogens is 292 g/mol. The monoisotopic (exact) mass is 306 g/mol. The average molecular weight is 307 g/mol. The molecule has 0 saturated heterocycles. The first kappa shape index (κ1) is 14.1. The van der Waals surface area contributed by atoms with E-state index in [0.717, 1.165) is 5.56 Å². The van der Waals surface area contributed by atoms with Crippen LogP contribution in [0.25, 0.3) is 0 Å². The van der Waals surface area contributed by atoms with Crippen LogP contribution in [-0.2, 0) is 21.4 Å². The van der Waals surface area contributed by atoms with Crippen molar-refractivity contribution in [2.24, 2.45) is 0 Å². The van der Waals surface area contributed by atoms with Gasteiger partial charge in [-0.1, -0.05) is 28.9 Å². The second-order valence-corrected chi connectivity index (χ2v) is 5.56. The van der Waals surface area contributed by atoms with Gasteiger partial charge >= 0.3 is 5.97 Å². The Hall–Kier alpha value is -1.88. The molecule has 0 atom stereocenters. The maximum absolute atomic E-state index is 12.0. The fraction of sp³-hybridized carbons (Fsp3) is 0.400. The van der Waals surface area contributed by atoms with Gasteiger partial charge < -0.3 is 9.26 Å². The number of carbonyl (C=O) groups is 1. The second kappa shape index (κ2) is 5.48. The minimum absolute atomic E-state index is 0.272. The normalized spacial score (nSPS) is 15.7. The van der Waals surface area contributed by atoms with Crippen LogP contribution in [0.5, 0.6) is 0 Å². The molecule has 2 aromatic rings. The molecule has 1 aliphatic rings. The summed E-state index contributed by atoms with van der Waals surface area (Å²) in [5.41, 5.74) is 0.328. The first-order valence-corrected chi connectivity index (χ1v) is 7.26. The number of nitrogens with zero attached hydrogens (tertiary/aromatic N) is 2. The molecule has 0 unspecified atom stereocenters. The number of rotatable bonds is 5. The maximum Gasteiger partial charge on any atom is 0.321 e. The van der Waals surface area contributed by atoms with E-state index >= 15 is 0 Å². The van der Waals surface area contributed by atoms with Gasteiger partial charge in [-0.05, 0) is 37.5 Å². The first-order valence-electron chi connectivity index (χ1n) is 6.89. The van der Waals surface area contributed by atoms with Crippen LogP contribution in [0.3, 0.4) is 0 Å². The van der Waals surface area contributed by atoms with Gasteiger partial charge in [-0.25, -0.2) is 0 Å². The summed E-state index contributed by atoms with van der Waals surface area (Å²) >= 11 is 5.85. The van der Waals surface area contributed by atoms with Crippen molar-refractivity contribution in [1.29, 1.82) is 0 Å². The number of hydrogen-bond acceptors (Lipinski definition) is 5. The number of esters is 1. The van der Waals surface area contributed by atoms with Crippen LogP contribution in [0.15, 0.2) is 28.8 Å². The zero-order valence-electron chi connectivity index (χ0n) is 11.6. The van der Waals surface area contributed by atoms with Gasteiger partial charge in [0.1, 0.15) is 5.41 Å². The van der Waals surface area contributed by atoms with E-state index in [4.69, 9.17) is 20.9 Å². The van der Waals surface area contributed by atoms with Crippen molar-refractivity contribution in [1.82, 2.24) is 10.1 Å². The highest BCUT2D eigenvalue weighted by Gasteiger charge is 2.57. The standard InChI is InChI=1S/C15H15ClN2O3/c1-2-20-14(19)15(7-8-15)13-17-12(18-21-13)9-10-3-5-11(16)6-4-10/h3-6H,2,7-9H2,1H3. The summed E-state index contributed by atoms with van der Waals surface area (Å²) < 4.78 is 10.4. The highest BCUT2D eigenvalue weighted by molar-refractivity contribution is 6.30. The van der Waals surface area contributed by atoms with Crippen molar-refractivity contribution in [3.63, 3.8) is 0 Å². The summed E-state index contributed by atoms with van der Waals surface area (Å²) in [5, 5.41) is 4.64. The third kappa shape index (κ3) is 2.78. The summed E-state index contributed by atoms with van der Waals surface area (Å²) in [6.07, 6.45) is 1.95. The summed E-state index contributed by atoms with van der Waals surface area (Å²) in [6, 6.07) is 7.46. The van der Waals surface area contributed by atoms with E-state index in [1.54, 1.807) is 6.92 Å². The Morgan fingerprint density at radius 2 is 2.10 bits per heavy atom. The molecule has 3 rings (SSSR count). The van der Waals surface area contributed by atoms with Crippen LogP contribution in [-0.4, -0.2) is 22.7 Å². The quantitative estimate of drug-likeness (QED) is 0.795. The smallest absolute Gasteiger partial charge is 0.321 e. The fourth-order valence-corrected chi connectivity index (χ4v) is 2.33. The molecule has 0 amide bonds. The third-order valence-electron chi connectivity index (χ3n) is 3.57. The molecule has 1 aromatic carbocycles. The highest BCUT2D eigenvalue weighted by atomic mass is 35.5. The van der Waals surface area contributed by atoms with Gasteiger partial charge in [0, 0.05) is 11.4 Å². The van der Waals surface area contributed by atoms with Gasteiger partial charge in [-0.3, -0.25) is 4.79 Å². The van der Waals surface area contributed by atoms with Gasteiger partial charge in [-0.2, -0.15) is 4.98 Å². The van der Waals surface area contributed by atoms with E-state index in [2.05, 4.69) is 10.1 Å². The lowest BCUT2D eigenvalue weighted by Gasteiger charge is -2.08. The molecule has 110 valence electrons. The fourth-order valence-electron chi connectivity index (χ4n) is 2.20. The predicted molar refractivity (Wildman–Crippen MR) is 76.1 cm³/mol. The molecule has 1 aromatic heterocycles. The number of ether oxygens (including phenoxy) is 1. The van der Waals surface area contributed by atoms with Crippen LogP contribution in [0, 0.1) is 0 Å². The van der Waals surface area contributed by atoms with Crippen molar-refractivity contribution in [2.45, 2.75) is 31.6 Å². The lowest BCUT2D eigenvalue weighted by Crippen LogP contribution is -2.23. The lowest BCUT2D eigenvalue weighted by atomic mass is 10.1. The van der Waals surface area contributed by atoms with E-state index in [1.165, 1.54) is 0 Å². The molecule has 1 fully saturated rings. The van der Waals surface area contributed by atoms with Crippen molar-refractivity contribution >= 4 is 17.6 Å². The van der Waals surface area contributed by atoms with Gasteiger partial charge in [0.25, 0.3) is 0 Å². The summed E-state index contributed by atoms with van der Waals surface area (Å²) in [4.78, 5) is 16.3. The summed E-state index contributed by atoms with van der Waals surface area (Å²) in [6.45, 7) is 2.14. The Morgan fingerprint density at radius 3 is 2.71 bits per heavy atom. The van der Waals surface area contributed by atoms with E-state index in [-0.39, 0.29) is 5.97 Å². The number of benzene rings is 1. The van der Waals surface area contributed by atoms with Crippen LogP contribution in [0.2, 0.25) is 5.02 Å². The first-order chi connectivity index (χ1) is 10.1. The van der Waals surface area contributed by atoms with Crippen molar-refractivity contribution in [2.75, 3.05) is 6.61 Å². The molecular formula is C15H15ClN2O3. The van der Waals surface area contributed by atoms with Gasteiger partial charge in [0.2, 0.25) is 5.89 Å². The SMILES string of the molecule is CCOC(=O)C1(c2nc(Cc3ccc(Cl)cc3)no2)CC1. The topological polar surface area (TPSA) is 65.2 Å². The molecule has 0 aliphatic heterocycles. The summed E-state index contributed by atoms with van der Waals surface area (Å²) in [5.74, 6) is 0.652. The second-order valence-electron chi connectivity index (χ2n) is 5.12. The zero-order valence-corrected chi connectivity index (χ0v) is 12.4. The Morgan fingerprint density at radius 1 is 1.38 bits per heavy atom. The molecule has 21 heavy (non-hydrogen) atoms. The Labute approximate surface area is 127 Å². The van der Waals surface area contributed by atoms with E-state index in [1.807, 2.05) is 24.3 Å². The Balaban J connectivity index is 1.75. The van der Waals surface area contributed by atoms with Gasteiger partial charge in [0.05, 0.1) is 6.61 Å². The minimum Gasteiger partial charge on any atom is -0.465 e. The largest absolute Gasteiger partial charge is 0.465 e. The number of carbonyl (C=O) groups excluding carboxylic acids is 1. The number of hydrogen-bond donors (Lipinski definition) is 0. The predicted octanol–water partition coefficient (Wildman–Crippen LogP) is 2.91. The van der Waals surface area contributed by atoms with Crippen molar-refractivity contribution in [3.05, 3.63) is 46.6 Å². The average Bonchev–Trinajstić information content (AvgIpc) is 3.16. The lowest BCUT2D eigenvalue weighted by molar-refractivity contribution is -0.146. The number of aromatic nitrogens is 2. The van der Waals surface area contributed by atoms with E-state index < -0.39 is 5.41 Å². The molecule has 5 nitrogen and oxygen atoms in total. The minimum atomic E-state index is -0.707. The van der Waals surface area contributed by atoms with Gasteiger partial charge in [0.15, 0.2) is 5.82 Å². The van der Waals surface area contributed by atoms with E-state index in [9.17, 15) is 4.79 Å². The Kier molecular flexibility index (Phi) is 3.68. The molecule has 1 heterocycles. The highest BCUT2D eigenvalue weighted by Crippen LogP contribution is 2.48. The molecule has 0 spiro atoms. The van der Waals surface area contributed by atoms with Crippen molar-refractivity contribution in [3.8, 4) is 0 Å². The van der Waals surface area contributed by atoms with Crippen LogP contribution >= 0.6 is 11.6 Å². The molecule has 0 N–H and O–H groups in total. The maximum atomic E-state index is 12.0. The van der Waals surface area contributed by atoms with Crippen LogP contribution in [0.4, 0.5) is 0 Å². The van der Waals surface area contributed by atoms with E-state index in [0.29, 0.717) is 42.6 Å². The van der Waals surface area contributed by atoms with Crippen LogP contribution in [0.1, 0.15) is 37.0 Å². The molecule has 1 saturated carbocycles. The zero-order chi connectivity index (χ0) is 14.9. The van der Waals surface area contributed by atoms with Gasteiger partial charge in [-0.15, -0.1) is 0 Å². The number of halogens is 1. The Bertz CT molecular complexity index is 647. The molecule has 0 radical (unpaired) electrons. The summed E-state index contributed by atoms with van der Waals surface area (Å²) in [7, 11) is 0. The third-order valence-corrected chi connectivity index (χ3v) is 3.82. The molecule has 1 aliphatic carbocycles. The van der Waals surface area contributed by atoms with Crippen molar-refractivity contribution < 1.29 is 14.1 Å². The van der Waals surface area contributed by atoms with Crippen LogP contribution < -0.4 is 0 Å². The molecule has 6 heteroatoms.